The summed E-state index contributed by atoms with van der Waals surface area (Å²) in [6.45, 7) is 4.47. The molecule has 1 aromatic heterocycles. The van der Waals surface area contributed by atoms with Gasteiger partial charge >= 0.3 is 0 Å². The Morgan fingerprint density at radius 2 is 2.19 bits per heavy atom. The minimum Gasteiger partial charge on any atom is -0.335 e. The number of rotatable bonds is 6. The monoisotopic (exact) mass is 283 g/mol. The number of aromatic nitrogens is 2. The minimum absolute atomic E-state index is 0.551. The fraction of sp³-hybridized carbons (Fsp3) is 0.500. The highest BCUT2D eigenvalue weighted by molar-refractivity contribution is 5.14. The van der Waals surface area contributed by atoms with Gasteiger partial charge in [-0.1, -0.05) is 30.3 Å². The van der Waals surface area contributed by atoms with Crippen LogP contribution in [0.5, 0.6) is 0 Å². The summed E-state index contributed by atoms with van der Waals surface area (Å²) in [6, 6.07) is 11.3. The van der Waals surface area contributed by atoms with Crippen molar-refractivity contribution < 1.29 is 0 Å². The van der Waals surface area contributed by atoms with Crippen LogP contribution in [0.15, 0.2) is 42.7 Å². The van der Waals surface area contributed by atoms with Crippen molar-refractivity contribution in [2.24, 2.45) is 0 Å². The lowest BCUT2D eigenvalue weighted by atomic mass is 9.98. The fourth-order valence-electron chi connectivity index (χ4n) is 3.17. The first-order valence-corrected chi connectivity index (χ1v) is 8.11. The lowest BCUT2D eigenvalue weighted by molar-refractivity contribution is 0.399. The van der Waals surface area contributed by atoms with Gasteiger partial charge < -0.3 is 9.88 Å². The molecule has 2 atom stereocenters. The number of benzene rings is 1. The first kappa shape index (κ1) is 14.3. The van der Waals surface area contributed by atoms with E-state index in [9.17, 15) is 0 Å². The third kappa shape index (κ3) is 3.73. The third-order valence-electron chi connectivity index (χ3n) is 4.49. The van der Waals surface area contributed by atoms with Gasteiger partial charge in [0.15, 0.2) is 0 Å². The molecule has 0 unspecified atom stereocenters. The molecule has 0 fully saturated rings. The van der Waals surface area contributed by atoms with Crippen molar-refractivity contribution in [1.82, 2.24) is 14.9 Å². The van der Waals surface area contributed by atoms with E-state index in [0.717, 1.165) is 19.5 Å². The van der Waals surface area contributed by atoms with Crippen LogP contribution in [0.1, 0.15) is 43.5 Å². The highest BCUT2D eigenvalue weighted by Crippen LogP contribution is 2.25. The number of nitrogens with one attached hydrogen (secondary N) is 1. The Labute approximate surface area is 127 Å². The second-order valence-electron chi connectivity index (χ2n) is 6.15. The van der Waals surface area contributed by atoms with Gasteiger partial charge in [0, 0.05) is 37.4 Å². The summed E-state index contributed by atoms with van der Waals surface area (Å²) in [5.74, 6) is 1.84. The van der Waals surface area contributed by atoms with Gasteiger partial charge in [0.25, 0.3) is 0 Å². The quantitative estimate of drug-likeness (QED) is 0.881. The Balaban J connectivity index is 1.45. The molecule has 1 N–H and O–H groups in total. The highest BCUT2D eigenvalue weighted by Gasteiger charge is 2.21. The van der Waals surface area contributed by atoms with Gasteiger partial charge in [0.1, 0.15) is 5.82 Å². The molecule has 112 valence electrons. The van der Waals surface area contributed by atoms with Crippen LogP contribution in [0.3, 0.4) is 0 Å². The molecule has 0 saturated carbocycles. The number of aryl methyl sites for hydroxylation is 2. The van der Waals surface area contributed by atoms with Crippen molar-refractivity contribution in [2.45, 2.75) is 51.1 Å². The fourth-order valence-corrected chi connectivity index (χ4v) is 3.17. The Morgan fingerprint density at radius 3 is 3.05 bits per heavy atom. The van der Waals surface area contributed by atoms with Gasteiger partial charge in [-0.25, -0.2) is 4.98 Å². The molecule has 0 radical (unpaired) electrons. The Bertz CT molecular complexity index is 547. The molecule has 3 rings (SSSR count). The molecule has 1 aromatic carbocycles. The van der Waals surface area contributed by atoms with E-state index in [2.05, 4.69) is 58.3 Å². The van der Waals surface area contributed by atoms with Crippen molar-refractivity contribution in [2.75, 3.05) is 6.54 Å². The predicted octanol–water partition coefficient (Wildman–Crippen LogP) is 3.37. The minimum atomic E-state index is 0.551. The summed E-state index contributed by atoms with van der Waals surface area (Å²) < 4.78 is 2.31. The van der Waals surface area contributed by atoms with Crippen LogP contribution < -0.4 is 5.32 Å². The molecular weight excluding hydrogens is 258 g/mol. The van der Waals surface area contributed by atoms with E-state index < -0.39 is 0 Å². The summed E-state index contributed by atoms with van der Waals surface area (Å²) in [6.07, 6.45) is 8.91. The lowest BCUT2D eigenvalue weighted by Gasteiger charge is -2.25. The molecule has 0 bridgehead atoms. The first-order valence-electron chi connectivity index (χ1n) is 8.11. The molecule has 21 heavy (non-hydrogen) atoms. The van der Waals surface area contributed by atoms with Crippen molar-refractivity contribution in [3.05, 3.63) is 54.1 Å². The molecule has 1 aliphatic rings. The zero-order valence-corrected chi connectivity index (χ0v) is 12.8. The van der Waals surface area contributed by atoms with Crippen LogP contribution in [0.4, 0.5) is 0 Å². The molecular formula is C18H25N3. The van der Waals surface area contributed by atoms with Crippen molar-refractivity contribution in [1.29, 1.82) is 0 Å². The first-order chi connectivity index (χ1) is 10.3. The number of fused-ring (bicyclic) bond motifs is 1. The largest absolute Gasteiger partial charge is 0.335 e. The second-order valence-corrected chi connectivity index (χ2v) is 6.15. The highest BCUT2D eigenvalue weighted by atomic mass is 15.1. The maximum absolute atomic E-state index is 4.53. The molecule has 2 heterocycles. The number of hydrogen-bond donors (Lipinski definition) is 1. The maximum atomic E-state index is 4.53. The molecule has 3 heteroatoms. The van der Waals surface area contributed by atoms with Crippen LogP contribution in [-0.2, 0) is 13.0 Å². The van der Waals surface area contributed by atoms with Crippen LogP contribution in [0.2, 0.25) is 0 Å². The lowest BCUT2D eigenvalue weighted by Crippen LogP contribution is -2.33. The predicted molar refractivity (Wildman–Crippen MR) is 86.4 cm³/mol. The average molecular weight is 283 g/mol. The van der Waals surface area contributed by atoms with Crippen LogP contribution in [0, 0.1) is 0 Å². The zero-order valence-electron chi connectivity index (χ0n) is 12.8. The molecule has 3 nitrogen and oxygen atoms in total. The van der Waals surface area contributed by atoms with Gasteiger partial charge in [-0.3, -0.25) is 0 Å². The summed E-state index contributed by atoms with van der Waals surface area (Å²) >= 11 is 0. The number of nitrogens with zero attached hydrogens (tertiary/aromatic N) is 2. The SMILES string of the molecule is C[C@H](CCc1ccccc1)NC[C@@H]1CCCn2ccnc21. The Hall–Kier alpha value is -1.61. The smallest absolute Gasteiger partial charge is 0.113 e. The van der Waals surface area contributed by atoms with E-state index in [-0.39, 0.29) is 0 Å². The standard InChI is InChI=1S/C18H25N3/c1-15(9-10-16-6-3-2-4-7-16)20-14-17-8-5-12-21-13-11-19-18(17)21/h2-4,6-7,11,13,15,17,20H,5,8-10,12,14H2,1H3/t15-,17+/m1/s1. The Morgan fingerprint density at radius 1 is 1.33 bits per heavy atom. The van der Waals surface area contributed by atoms with E-state index in [1.54, 1.807) is 0 Å². The number of hydrogen-bond acceptors (Lipinski definition) is 2. The average Bonchev–Trinajstić information content (AvgIpc) is 3.01. The topological polar surface area (TPSA) is 29.9 Å². The summed E-state index contributed by atoms with van der Waals surface area (Å²) in [5.41, 5.74) is 1.43. The Kier molecular flexibility index (Phi) is 4.71. The van der Waals surface area contributed by atoms with Crippen molar-refractivity contribution >= 4 is 0 Å². The van der Waals surface area contributed by atoms with Crippen LogP contribution >= 0.6 is 0 Å². The van der Waals surface area contributed by atoms with Gasteiger partial charge in [0.05, 0.1) is 0 Å². The number of imidazole rings is 1. The van der Waals surface area contributed by atoms with Crippen molar-refractivity contribution in [3.8, 4) is 0 Å². The van der Waals surface area contributed by atoms with Crippen LogP contribution in [-0.4, -0.2) is 22.1 Å². The van der Waals surface area contributed by atoms with E-state index in [1.807, 2.05) is 6.20 Å². The molecule has 0 spiro atoms. The van der Waals surface area contributed by atoms with E-state index in [4.69, 9.17) is 0 Å². The van der Waals surface area contributed by atoms with Crippen LogP contribution in [0.25, 0.3) is 0 Å². The summed E-state index contributed by atoms with van der Waals surface area (Å²) in [4.78, 5) is 4.53. The normalized spacial score (nSPS) is 19.2. The molecule has 0 amide bonds. The van der Waals surface area contributed by atoms with E-state index in [1.165, 1.54) is 30.7 Å². The summed E-state index contributed by atoms with van der Waals surface area (Å²) in [7, 11) is 0. The van der Waals surface area contributed by atoms with E-state index in [0.29, 0.717) is 12.0 Å². The summed E-state index contributed by atoms with van der Waals surface area (Å²) in [5, 5.41) is 3.70. The third-order valence-corrected chi connectivity index (χ3v) is 4.49. The zero-order chi connectivity index (χ0) is 14.5. The van der Waals surface area contributed by atoms with Gasteiger partial charge in [-0.05, 0) is 38.2 Å². The molecule has 0 saturated heterocycles. The second kappa shape index (κ2) is 6.90. The van der Waals surface area contributed by atoms with Gasteiger partial charge in [0.2, 0.25) is 0 Å². The van der Waals surface area contributed by atoms with Crippen molar-refractivity contribution in [3.63, 3.8) is 0 Å². The van der Waals surface area contributed by atoms with E-state index >= 15 is 0 Å². The molecule has 1 aliphatic heterocycles. The maximum Gasteiger partial charge on any atom is 0.113 e. The van der Waals surface area contributed by atoms with Gasteiger partial charge in [-0.15, -0.1) is 0 Å². The molecule has 2 aromatic rings. The molecule has 0 aliphatic carbocycles. The van der Waals surface area contributed by atoms with Gasteiger partial charge in [-0.2, -0.15) is 0 Å².